The van der Waals surface area contributed by atoms with E-state index in [2.05, 4.69) is 32.9 Å². The number of fused-ring (bicyclic) bond motifs is 2. The zero-order chi connectivity index (χ0) is 20.8. The standard InChI is InChI=1S/C23H25F2N5/c1-13-8-14(9-20(13)30-7-5-17-22(26)28-12-29-23(17)30)2-3-15-10-19(24)21(25)16-4-6-27-11-18(15)16/h5,7,9-10,12-13,20,27H,2-4,6,8,11H2,1H3,(H2,26,28,29). The number of aryl methyl sites for hydroxylation is 1. The van der Waals surface area contributed by atoms with E-state index in [1.54, 1.807) is 0 Å². The van der Waals surface area contributed by atoms with Crippen molar-refractivity contribution in [2.24, 2.45) is 5.92 Å². The van der Waals surface area contributed by atoms with Gasteiger partial charge in [-0.05, 0) is 67.0 Å². The molecule has 3 aromatic rings. The van der Waals surface area contributed by atoms with Crippen LogP contribution in [-0.2, 0) is 19.4 Å². The summed E-state index contributed by atoms with van der Waals surface area (Å²) in [4.78, 5) is 8.49. The minimum absolute atomic E-state index is 0.201. The average Bonchev–Trinajstić information content (AvgIpc) is 3.33. The van der Waals surface area contributed by atoms with Gasteiger partial charge in [0.25, 0.3) is 0 Å². The summed E-state index contributed by atoms with van der Waals surface area (Å²) in [6, 6.07) is 3.55. The molecule has 5 rings (SSSR count). The number of benzene rings is 1. The highest BCUT2D eigenvalue weighted by molar-refractivity contribution is 5.86. The summed E-state index contributed by atoms with van der Waals surface area (Å²) in [7, 11) is 0. The zero-order valence-electron chi connectivity index (χ0n) is 17.0. The number of halogens is 2. The molecule has 0 radical (unpaired) electrons. The van der Waals surface area contributed by atoms with Crippen molar-refractivity contribution >= 4 is 16.9 Å². The van der Waals surface area contributed by atoms with Crippen LogP contribution in [-0.4, -0.2) is 21.1 Å². The molecule has 0 saturated carbocycles. The van der Waals surface area contributed by atoms with E-state index >= 15 is 0 Å². The molecule has 7 heteroatoms. The topological polar surface area (TPSA) is 68.8 Å². The Bertz CT molecular complexity index is 1150. The lowest BCUT2D eigenvalue weighted by molar-refractivity contribution is 0.452. The summed E-state index contributed by atoms with van der Waals surface area (Å²) in [5.41, 5.74) is 10.6. The number of nitrogens with zero attached hydrogens (tertiary/aromatic N) is 3. The Balaban J connectivity index is 1.39. The van der Waals surface area contributed by atoms with Gasteiger partial charge in [-0.15, -0.1) is 0 Å². The molecule has 3 heterocycles. The van der Waals surface area contributed by atoms with Crippen LogP contribution in [0.4, 0.5) is 14.6 Å². The van der Waals surface area contributed by atoms with Gasteiger partial charge in [0.15, 0.2) is 11.6 Å². The van der Waals surface area contributed by atoms with Crippen molar-refractivity contribution in [2.75, 3.05) is 12.3 Å². The van der Waals surface area contributed by atoms with Crippen LogP contribution >= 0.6 is 0 Å². The normalized spacial score (nSPS) is 21.1. The molecule has 2 aliphatic rings. The van der Waals surface area contributed by atoms with Crippen molar-refractivity contribution in [3.8, 4) is 0 Å². The number of aromatic nitrogens is 3. The number of hydrogen-bond donors (Lipinski definition) is 2. The van der Waals surface area contributed by atoms with Crippen LogP contribution in [0.3, 0.4) is 0 Å². The molecule has 2 unspecified atom stereocenters. The summed E-state index contributed by atoms with van der Waals surface area (Å²) in [5.74, 6) is -0.490. The number of hydrogen-bond acceptors (Lipinski definition) is 4. The second-order valence-electron chi connectivity index (χ2n) is 8.43. The number of anilines is 1. The Morgan fingerprint density at radius 1 is 1.23 bits per heavy atom. The van der Waals surface area contributed by atoms with Crippen LogP contribution < -0.4 is 11.1 Å². The number of nitrogens with one attached hydrogen (secondary N) is 1. The van der Waals surface area contributed by atoms with Crippen molar-refractivity contribution in [1.29, 1.82) is 0 Å². The number of nitrogens with two attached hydrogens (primary N) is 1. The molecular formula is C23H25F2N5. The van der Waals surface area contributed by atoms with Crippen LogP contribution in [0.5, 0.6) is 0 Å². The molecule has 0 saturated heterocycles. The molecule has 0 spiro atoms. The minimum atomic E-state index is -0.728. The first-order valence-corrected chi connectivity index (χ1v) is 10.5. The third-order valence-electron chi connectivity index (χ3n) is 6.53. The largest absolute Gasteiger partial charge is 0.383 e. The van der Waals surface area contributed by atoms with E-state index in [4.69, 9.17) is 5.73 Å². The Morgan fingerprint density at radius 3 is 2.97 bits per heavy atom. The van der Waals surface area contributed by atoms with Gasteiger partial charge in [0.1, 0.15) is 17.8 Å². The summed E-state index contributed by atoms with van der Waals surface area (Å²) in [6.07, 6.45) is 8.90. The third kappa shape index (κ3) is 3.17. The predicted octanol–water partition coefficient (Wildman–Crippen LogP) is 4.08. The number of rotatable bonds is 4. The van der Waals surface area contributed by atoms with Gasteiger partial charge in [0.2, 0.25) is 0 Å². The van der Waals surface area contributed by atoms with Crippen molar-refractivity contribution < 1.29 is 8.78 Å². The maximum absolute atomic E-state index is 14.2. The van der Waals surface area contributed by atoms with Gasteiger partial charge in [-0.2, -0.15) is 0 Å². The minimum Gasteiger partial charge on any atom is -0.383 e. The van der Waals surface area contributed by atoms with E-state index in [1.165, 1.54) is 18.0 Å². The summed E-state index contributed by atoms with van der Waals surface area (Å²) < 4.78 is 30.5. The molecule has 0 amide bonds. The number of allylic oxidation sites excluding steroid dienone is 2. The van der Waals surface area contributed by atoms with Gasteiger partial charge in [-0.3, -0.25) is 0 Å². The molecule has 1 aliphatic carbocycles. The van der Waals surface area contributed by atoms with Gasteiger partial charge < -0.3 is 15.6 Å². The molecule has 0 fully saturated rings. The van der Waals surface area contributed by atoms with Gasteiger partial charge in [-0.25, -0.2) is 18.7 Å². The number of nitrogen functional groups attached to an aromatic ring is 1. The van der Waals surface area contributed by atoms with Crippen LogP contribution in [0, 0.1) is 17.6 Å². The Morgan fingerprint density at radius 2 is 2.10 bits per heavy atom. The molecule has 1 aliphatic heterocycles. The fourth-order valence-electron chi connectivity index (χ4n) is 4.98. The fourth-order valence-corrected chi connectivity index (χ4v) is 4.98. The van der Waals surface area contributed by atoms with Crippen molar-refractivity contribution in [3.05, 3.63) is 64.6 Å². The molecular weight excluding hydrogens is 384 g/mol. The molecule has 30 heavy (non-hydrogen) atoms. The van der Waals surface area contributed by atoms with Gasteiger partial charge >= 0.3 is 0 Å². The SMILES string of the molecule is CC1CC(CCc2cc(F)c(F)c3c2CNCC3)=CC1n1ccc2c(N)ncnc21. The highest BCUT2D eigenvalue weighted by Crippen LogP contribution is 2.38. The van der Waals surface area contributed by atoms with E-state index in [1.807, 2.05) is 12.3 Å². The highest BCUT2D eigenvalue weighted by atomic mass is 19.2. The molecule has 3 N–H and O–H groups in total. The fraction of sp³-hybridized carbons (Fsp3) is 0.391. The lowest BCUT2D eigenvalue weighted by atomic mass is 9.91. The second-order valence-corrected chi connectivity index (χ2v) is 8.43. The predicted molar refractivity (Wildman–Crippen MR) is 113 cm³/mol. The maximum Gasteiger partial charge on any atom is 0.162 e. The average molecular weight is 409 g/mol. The molecule has 2 aromatic heterocycles. The molecule has 156 valence electrons. The van der Waals surface area contributed by atoms with E-state index in [0.717, 1.165) is 35.0 Å². The third-order valence-corrected chi connectivity index (χ3v) is 6.53. The van der Waals surface area contributed by atoms with Crippen LogP contribution in [0.2, 0.25) is 0 Å². The van der Waals surface area contributed by atoms with Gasteiger partial charge in [0.05, 0.1) is 11.4 Å². The van der Waals surface area contributed by atoms with Gasteiger partial charge in [0, 0.05) is 12.7 Å². The Labute approximate surface area is 174 Å². The zero-order valence-corrected chi connectivity index (χ0v) is 17.0. The van der Waals surface area contributed by atoms with Crippen LogP contribution in [0.25, 0.3) is 11.0 Å². The van der Waals surface area contributed by atoms with E-state index < -0.39 is 11.6 Å². The Hall–Kier alpha value is -2.80. The van der Waals surface area contributed by atoms with E-state index in [-0.39, 0.29) is 6.04 Å². The maximum atomic E-state index is 14.2. The summed E-state index contributed by atoms with van der Waals surface area (Å²) >= 11 is 0. The molecule has 2 atom stereocenters. The lowest BCUT2D eigenvalue weighted by Gasteiger charge is -2.21. The smallest absolute Gasteiger partial charge is 0.162 e. The van der Waals surface area contributed by atoms with Gasteiger partial charge in [-0.1, -0.05) is 18.6 Å². The van der Waals surface area contributed by atoms with Crippen LogP contribution in [0.1, 0.15) is 42.5 Å². The van der Waals surface area contributed by atoms with Crippen molar-refractivity contribution in [1.82, 2.24) is 19.9 Å². The quantitative estimate of drug-likeness (QED) is 0.637. The van der Waals surface area contributed by atoms with Crippen molar-refractivity contribution in [2.45, 2.75) is 45.2 Å². The van der Waals surface area contributed by atoms with E-state index in [9.17, 15) is 8.78 Å². The summed E-state index contributed by atoms with van der Waals surface area (Å²) in [6.45, 7) is 3.53. The second kappa shape index (κ2) is 7.47. The van der Waals surface area contributed by atoms with E-state index in [0.29, 0.717) is 43.2 Å². The summed E-state index contributed by atoms with van der Waals surface area (Å²) in [5, 5.41) is 4.15. The highest BCUT2D eigenvalue weighted by Gasteiger charge is 2.27. The monoisotopic (exact) mass is 409 g/mol. The first-order valence-electron chi connectivity index (χ1n) is 10.5. The molecule has 5 nitrogen and oxygen atoms in total. The Kier molecular flexibility index (Phi) is 4.77. The first-order chi connectivity index (χ1) is 14.5. The van der Waals surface area contributed by atoms with Crippen LogP contribution in [0.15, 0.2) is 36.3 Å². The van der Waals surface area contributed by atoms with Crippen molar-refractivity contribution in [3.63, 3.8) is 0 Å². The first kappa shape index (κ1) is 19.2. The molecule has 1 aromatic carbocycles. The lowest BCUT2D eigenvalue weighted by Crippen LogP contribution is -2.26. The molecule has 0 bridgehead atoms.